The number of hydrogen-bond acceptors (Lipinski definition) is 6. The number of nitrogens with one attached hydrogen (secondary N) is 1. The first-order valence-electron chi connectivity index (χ1n) is 8.77. The number of hydrogen-bond donors (Lipinski definition) is 1. The standard InChI is InChI=1S/C18H17N5O3S/c24-27(25,16-6-7-17-12(11-16)8-9-26-17)20-14-3-1-2-13(10-14)18-19-21-22-23(18)15-4-5-15/h1-3,6-7,10-11,15,20H,4-5,8-9H2. The van der Waals surface area contributed by atoms with E-state index in [0.29, 0.717) is 24.2 Å². The van der Waals surface area contributed by atoms with Crippen LogP contribution in [0, 0.1) is 0 Å². The van der Waals surface area contributed by atoms with Gasteiger partial charge in [-0.3, -0.25) is 4.72 Å². The molecule has 138 valence electrons. The van der Waals surface area contributed by atoms with Gasteiger partial charge in [-0.2, -0.15) is 0 Å². The maximum atomic E-state index is 12.8. The van der Waals surface area contributed by atoms with Gasteiger partial charge < -0.3 is 4.74 Å². The van der Waals surface area contributed by atoms with Gasteiger partial charge >= 0.3 is 0 Å². The summed E-state index contributed by atoms with van der Waals surface area (Å²) >= 11 is 0. The van der Waals surface area contributed by atoms with Crippen molar-refractivity contribution in [1.82, 2.24) is 20.2 Å². The third kappa shape index (κ3) is 3.03. The van der Waals surface area contributed by atoms with Crippen molar-refractivity contribution in [2.45, 2.75) is 30.2 Å². The van der Waals surface area contributed by atoms with Crippen LogP contribution in [0.3, 0.4) is 0 Å². The van der Waals surface area contributed by atoms with Crippen LogP contribution >= 0.6 is 0 Å². The molecular weight excluding hydrogens is 366 g/mol. The predicted molar refractivity (Wildman–Crippen MR) is 98.0 cm³/mol. The summed E-state index contributed by atoms with van der Waals surface area (Å²) in [5, 5.41) is 11.9. The van der Waals surface area contributed by atoms with E-state index in [1.807, 2.05) is 6.07 Å². The van der Waals surface area contributed by atoms with Crippen molar-refractivity contribution in [2.24, 2.45) is 0 Å². The highest BCUT2D eigenvalue weighted by atomic mass is 32.2. The molecule has 0 bridgehead atoms. The van der Waals surface area contributed by atoms with E-state index in [0.717, 1.165) is 36.1 Å². The molecule has 3 aromatic rings. The van der Waals surface area contributed by atoms with Gasteiger partial charge in [-0.1, -0.05) is 12.1 Å². The van der Waals surface area contributed by atoms with Gasteiger partial charge in [0, 0.05) is 17.7 Å². The third-order valence-corrected chi connectivity index (χ3v) is 6.11. The molecule has 9 heteroatoms. The van der Waals surface area contributed by atoms with Crippen LogP contribution in [0.4, 0.5) is 5.69 Å². The number of benzene rings is 2. The number of nitrogens with zero attached hydrogens (tertiary/aromatic N) is 4. The maximum Gasteiger partial charge on any atom is 0.261 e. The fraction of sp³-hybridized carbons (Fsp3) is 0.278. The molecule has 2 aliphatic rings. The lowest BCUT2D eigenvalue weighted by atomic mass is 10.2. The second-order valence-electron chi connectivity index (χ2n) is 6.73. The van der Waals surface area contributed by atoms with E-state index in [2.05, 4.69) is 20.2 Å². The Kier molecular flexibility index (Phi) is 3.64. The fourth-order valence-electron chi connectivity index (χ4n) is 3.21. The second-order valence-corrected chi connectivity index (χ2v) is 8.41. The summed E-state index contributed by atoms with van der Waals surface area (Å²) in [6.07, 6.45) is 2.84. The molecule has 1 aliphatic carbocycles. The van der Waals surface area contributed by atoms with E-state index in [9.17, 15) is 8.42 Å². The minimum Gasteiger partial charge on any atom is -0.493 e. The van der Waals surface area contributed by atoms with Crippen molar-refractivity contribution < 1.29 is 13.2 Å². The van der Waals surface area contributed by atoms with Crippen molar-refractivity contribution in [3.8, 4) is 17.1 Å². The number of tetrazole rings is 1. The van der Waals surface area contributed by atoms with Gasteiger partial charge in [0.1, 0.15) is 5.75 Å². The molecule has 8 nitrogen and oxygen atoms in total. The van der Waals surface area contributed by atoms with Crippen LogP contribution in [0.2, 0.25) is 0 Å². The maximum absolute atomic E-state index is 12.8. The van der Waals surface area contributed by atoms with Crippen molar-refractivity contribution in [3.63, 3.8) is 0 Å². The molecule has 1 aliphatic heterocycles. The Bertz CT molecular complexity index is 1120. The molecule has 5 rings (SSSR count). The molecule has 0 spiro atoms. The van der Waals surface area contributed by atoms with E-state index >= 15 is 0 Å². The molecule has 0 saturated heterocycles. The summed E-state index contributed by atoms with van der Waals surface area (Å²) in [5.74, 6) is 1.40. The first-order valence-corrected chi connectivity index (χ1v) is 10.3. The largest absolute Gasteiger partial charge is 0.493 e. The number of fused-ring (bicyclic) bond motifs is 1. The SMILES string of the molecule is O=S(=O)(Nc1cccc(-c2nnnn2C2CC2)c1)c1ccc2c(c1)CCO2. The van der Waals surface area contributed by atoms with Crippen LogP contribution in [-0.4, -0.2) is 35.2 Å². The van der Waals surface area contributed by atoms with Gasteiger partial charge in [0.25, 0.3) is 10.0 Å². The van der Waals surface area contributed by atoms with Crippen LogP contribution in [0.15, 0.2) is 47.4 Å². The lowest BCUT2D eigenvalue weighted by Gasteiger charge is -2.10. The monoisotopic (exact) mass is 383 g/mol. The first-order chi connectivity index (χ1) is 13.1. The molecule has 0 amide bonds. The second kappa shape index (κ2) is 6.05. The zero-order valence-electron chi connectivity index (χ0n) is 14.4. The molecule has 0 unspecified atom stereocenters. The number of anilines is 1. The molecule has 1 saturated carbocycles. The number of ether oxygens (including phenoxy) is 1. The fourth-order valence-corrected chi connectivity index (χ4v) is 4.31. The molecule has 27 heavy (non-hydrogen) atoms. The van der Waals surface area contributed by atoms with Gasteiger partial charge in [0.2, 0.25) is 0 Å². The minimum absolute atomic E-state index is 0.222. The van der Waals surface area contributed by atoms with Crippen molar-refractivity contribution >= 4 is 15.7 Å². The van der Waals surface area contributed by atoms with Gasteiger partial charge in [-0.05, 0) is 59.2 Å². The topological polar surface area (TPSA) is 99.0 Å². The van der Waals surface area contributed by atoms with Crippen LogP contribution in [-0.2, 0) is 16.4 Å². The number of aromatic nitrogens is 4. The Balaban J connectivity index is 1.44. The lowest BCUT2D eigenvalue weighted by molar-refractivity contribution is 0.356. The zero-order valence-corrected chi connectivity index (χ0v) is 15.2. The molecule has 1 aromatic heterocycles. The van der Waals surface area contributed by atoms with E-state index < -0.39 is 10.0 Å². The van der Waals surface area contributed by atoms with Crippen molar-refractivity contribution in [3.05, 3.63) is 48.0 Å². The highest BCUT2D eigenvalue weighted by molar-refractivity contribution is 7.92. The molecular formula is C18H17N5O3S. The highest BCUT2D eigenvalue weighted by Gasteiger charge is 2.28. The molecule has 1 N–H and O–H groups in total. The van der Waals surface area contributed by atoms with Crippen molar-refractivity contribution in [2.75, 3.05) is 11.3 Å². The summed E-state index contributed by atoms with van der Waals surface area (Å²) in [4.78, 5) is 0.222. The Morgan fingerprint density at radius 1 is 1.15 bits per heavy atom. The summed E-state index contributed by atoms with van der Waals surface area (Å²) in [6, 6.07) is 12.4. The van der Waals surface area contributed by atoms with Gasteiger partial charge in [0.15, 0.2) is 5.82 Å². The summed E-state index contributed by atoms with van der Waals surface area (Å²) in [7, 11) is -3.70. The molecule has 0 atom stereocenters. The Hall–Kier alpha value is -2.94. The minimum atomic E-state index is -3.70. The Labute approximate surface area is 156 Å². The lowest BCUT2D eigenvalue weighted by Crippen LogP contribution is -2.13. The van der Waals surface area contributed by atoms with E-state index in [-0.39, 0.29) is 4.90 Å². The third-order valence-electron chi connectivity index (χ3n) is 4.73. The number of rotatable bonds is 5. The summed E-state index contributed by atoms with van der Waals surface area (Å²) in [6.45, 7) is 0.587. The average Bonchev–Trinajstić information content (AvgIpc) is 3.19. The van der Waals surface area contributed by atoms with Crippen molar-refractivity contribution in [1.29, 1.82) is 0 Å². The molecule has 2 heterocycles. The quantitative estimate of drug-likeness (QED) is 0.726. The smallest absolute Gasteiger partial charge is 0.261 e. The predicted octanol–water partition coefficient (Wildman–Crippen LogP) is 2.41. The molecule has 0 radical (unpaired) electrons. The normalized spacial score (nSPS) is 16.0. The van der Waals surface area contributed by atoms with E-state index in [4.69, 9.17) is 4.74 Å². The molecule has 1 fully saturated rings. The Morgan fingerprint density at radius 3 is 2.89 bits per heavy atom. The summed E-state index contributed by atoms with van der Waals surface area (Å²) in [5.41, 5.74) is 2.15. The highest BCUT2D eigenvalue weighted by Crippen LogP contribution is 2.37. The first kappa shape index (κ1) is 16.2. The van der Waals surface area contributed by atoms with E-state index in [1.54, 1.807) is 41.1 Å². The van der Waals surface area contributed by atoms with Crippen LogP contribution < -0.4 is 9.46 Å². The van der Waals surface area contributed by atoms with Crippen LogP contribution in [0.1, 0.15) is 24.4 Å². The average molecular weight is 383 g/mol. The van der Waals surface area contributed by atoms with Crippen LogP contribution in [0.5, 0.6) is 5.75 Å². The van der Waals surface area contributed by atoms with Crippen LogP contribution in [0.25, 0.3) is 11.4 Å². The van der Waals surface area contributed by atoms with Gasteiger partial charge in [-0.15, -0.1) is 5.10 Å². The molecule has 2 aromatic carbocycles. The summed E-state index contributed by atoms with van der Waals surface area (Å²) < 4.78 is 35.5. The zero-order chi connectivity index (χ0) is 18.4. The van der Waals surface area contributed by atoms with Gasteiger partial charge in [0.05, 0.1) is 17.5 Å². The number of sulfonamides is 1. The van der Waals surface area contributed by atoms with Gasteiger partial charge in [-0.25, -0.2) is 13.1 Å². The Morgan fingerprint density at radius 2 is 2.04 bits per heavy atom. The van der Waals surface area contributed by atoms with E-state index in [1.165, 1.54) is 0 Å².